The van der Waals surface area contributed by atoms with Gasteiger partial charge in [-0.3, -0.25) is 9.00 Å². The van der Waals surface area contributed by atoms with Crippen LogP contribution in [0.4, 0.5) is 24.5 Å². The summed E-state index contributed by atoms with van der Waals surface area (Å²) >= 11 is 6.19. The number of ether oxygens (including phenoxy) is 1. The van der Waals surface area contributed by atoms with Crippen molar-refractivity contribution >= 4 is 45.3 Å². The van der Waals surface area contributed by atoms with Crippen LogP contribution in [-0.4, -0.2) is 74.6 Å². The molecule has 0 saturated carbocycles. The summed E-state index contributed by atoms with van der Waals surface area (Å²) in [5.74, 6) is -0.457. The number of fused-ring (bicyclic) bond motifs is 3. The fourth-order valence-corrected chi connectivity index (χ4v) is 7.38. The summed E-state index contributed by atoms with van der Waals surface area (Å²) in [6, 6.07) is 5.70. The van der Waals surface area contributed by atoms with Crippen LogP contribution in [0, 0.1) is 5.92 Å². The van der Waals surface area contributed by atoms with Gasteiger partial charge >= 0.3 is 6.18 Å². The molecular formula is C27H31ClF3N5O3S. The molecule has 1 fully saturated rings. The fraction of sp³-hybridized carbons (Fsp3) is 0.519. The van der Waals surface area contributed by atoms with Crippen LogP contribution in [0.5, 0.6) is 0 Å². The average molecular weight is 598 g/mol. The number of aromatic nitrogens is 3. The Morgan fingerprint density at radius 1 is 1.27 bits per heavy atom. The van der Waals surface area contributed by atoms with Crippen molar-refractivity contribution in [3.63, 3.8) is 0 Å². The lowest BCUT2D eigenvalue weighted by Gasteiger charge is -2.41. The molecular weight excluding hydrogens is 567 g/mol. The van der Waals surface area contributed by atoms with E-state index in [0.717, 1.165) is 16.3 Å². The zero-order valence-corrected chi connectivity index (χ0v) is 24.0. The number of benzene rings is 1. The molecule has 0 aliphatic carbocycles. The van der Waals surface area contributed by atoms with E-state index in [0.29, 0.717) is 60.4 Å². The maximum absolute atomic E-state index is 14.3. The van der Waals surface area contributed by atoms with Crippen molar-refractivity contribution in [3.8, 4) is 0 Å². The van der Waals surface area contributed by atoms with Crippen LogP contribution in [0.25, 0.3) is 5.65 Å². The zero-order chi connectivity index (χ0) is 28.8. The molecule has 2 aliphatic rings. The summed E-state index contributed by atoms with van der Waals surface area (Å²) in [4.78, 5) is 20.3. The summed E-state index contributed by atoms with van der Waals surface area (Å²) in [7, 11) is 1.83. The van der Waals surface area contributed by atoms with E-state index in [1.165, 1.54) is 19.2 Å². The van der Waals surface area contributed by atoms with E-state index in [1.807, 2.05) is 4.90 Å². The minimum Gasteiger partial charge on any atom is -0.384 e. The van der Waals surface area contributed by atoms with Gasteiger partial charge < -0.3 is 14.5 Å². The molecule has 2 atom stereocenters. The molecule has 1 aromatic carbocycles. The Balaban J connectivity index is 1.47. The zero-order valence-electron chi connectivity index (χ0n) is 22.4. The van der Waals surface area contributed by atoms with Gasteiger partial charge in [-0.15, -0.1) is 0 Å². The Labute approximate surface area is 237 Å². The number of carbonyl (C=O) groups is 1. The van der Waals surface area contributed by atoms with Crippen LogP contribution in [0.3, 0.4) is 0 Å². The number of nitrogens with zero attached hydrogens (tertiary/aromatic N) is 5. The quantitative estimate of drug-likeness (QED) is 0.396. The van der Waals surface area contributed by atoms with E-state index >= 15 is 0 Å². The number of hydrogen-bond donors (Lipinski definition) is 0. The third-order valence-corrected chi connectivity index (χ3v) is 9.52. The lowest BCUT2D eigenvalue weighted by Crippen LogP contribution is -2.44. The van der Waals surface area contributed by atoms with Gasteiger partial charge in [0.05, 0.1) is 24.2 Å². The number of rotatable bonds is 6. The molecule has 3 aromatic rings. The van der Waals surface area contributed by atoms with Crippen LogP contribution in [0.2, 0.25) is 5.15 Å². The van der Waals surface area contributed by atoms with Gasteiger partial charge in [0.2, 0.25) is 5.91 Å². The lowest BCUT2D eigenvalue weighted by molar-refractivity contribution is -0.190. The third kappa shape index (κ3) is 5.33. The first-order valence-corrected chi connectivity index (χ1v) is 14.9. The third-order valence-electron chi connectivity index (χ3n) is 7.95. The van der Waals surface area contributed by atoms with Crippen LogP contribution >= 0.6 is 11.6 Å². The molecule has 0 spiro atoms. The van der Waals surface area contributed by atoms with Crippen molar-refractivity contribution in [1.82, 2.24) is 19.5 Å². The average Bonchev–Trinajstić information content (AvgIpc) is 3.29. The Bertz CT molecular complexity index is 1420. The van der Waals surface area contributed by atoms with Crippen molar-refractivity contribution < 1.29 is 26.9 Å². The molecule has 1 saturated heterocycles. The summed E-state index contributed by atoms with van der Waals surface area (Å²) < 4.78 is 61.9. The number of anilines is 2. The molecule has 1 amide bonds. The van der Waals surface area contributed by atoms with Gasteiger partial charge in [0.25, 0.3) is 0 Å². The minimum atomic E-state index is -4.67. The molecule has 8 nitrogen and oxygen atoms in total. The van der Waals surface area contributed by atoms with Gasteiger partial charge in [0.15, 0.2) is 16.8 Å². The fourth-order valence-electron chi connectivity index (χ4n) is 5.91. The Morgan fingerprint density at radius 2 is 1.95 bits per heavy atom. The van der Waals surface area contributed by atoms with Gasteiger partial charge in [-0.05, 0) is 37.0 Å². The number of halogens is 4. The molecule has 40 heavy (non-hydrogen) atoms. The Hall–Kier alpha value is -2.70. The number of hydrogen-bond acceptors (Lipinski definition) is 6. The van der Waals surface area contributed by atoms with E-state index in [2.05, 4.69) is 17.0 Å². The second-order valence-electron chi connectivity index (χ2n) is 10.7. The van der Waals surface area contributed by atoms with Crippen molar-refractivity contribution in [2.75, 3.05) is 43.7 Å². The molecule has 0 unspecified atom stereocenters. The standard InChI is InChI=1S/C27H31ClF3N5O3S/c1-26(16-39-3)10-11-35(20-15-32-22-14-21(28)33-36(22)24(20)26)19-6-4-17(5-7-19)23(27(29,30)31)34(2)25(37)18-8-12-40(38)13-9-18/h4-7,14-15,18,23H,8-13,16H2,1-3H3/t18?,23-,26+,40?/m0/s1. The molecule has 0 N–H and O–H groups in total. The highest BCUT2D eigenvalue weighted by molar-refractivity contribution is 7.85. The van der Waals surface area contributed by atoms with Gasteiger partial charge in [-0.25, -0.2) is 9.50 Å². The highest BCUT2D eigenvalue weighted by atomic mass is 35.5. The summed E-state index contributed by atoms with van der Waals surface area (Å²) in [6.45, 7) is 3.10. The Kier molecular flexibility index (Phi) is 7.88. The van der Waals surface area contributed by atoms with Crippen molar-refractivity contribution in [1.29, 1.82) is 0 Å². The first-order chi connectivity index (χ1) is 18.9. The molecule has 2 aromatic heterocycles. The molecule has 0 radical (unpaired) electrons. The normalized spacial score (nSPS) is 24.1. The molecule has 216 valence electrons. The maximum Gasteiger partial charge on any atom is 0.413 e. The first kappa shape index (κ1) is 28.8. The lowest BCUT2D eigenvalue weighted by atomic mass is 9.80. The predicted molar refractivity (Wildman–Crippen MR) is 147 cm³/mol. The smallest absolute Gasteiger partial charge is 0.384 e. The van der Waals surface area contributed by atoms with E-state index < -0.39 is 40.3 Å². The predicted octanol–water partition coefficient (Wildman–Crippen LogP) is 5.05. The number of alkyl halides is 3. The molecule has 5 rings (SSSR count). The van der Waals surface area contributed by atoms with E-state index in [1.54, 1.807) is 36.0 Å². The van der Waals surface area contributed by atoms with Crippen molar-refractivity contribution in [3.05, 3.63) is 52.9 Å². The largest absolute Gasteiger partial charge is 0.413 e. The molecule has 0 bridgehead atoms. The SMILES string of the molecule is COC[C@@]1(C)CCN(c2ccc([C@H](N(C)C(=O)C3CCS(=O)CC3)C(F)(F)F)cc2)c2cnc3cc(Cl)nn3c21. The number of carbonyl (C=O) groups excluding carboxylic acids is 1. The van der Waals surface area contributed by atoms with E-state index in [-0.39, 0.29) is 5.56 Å². The topological polar surface area (TPSA) is 80.0 Å². The van der Waals surface area contributed by atoms with Gasteiger partial charge in [-0.1, -0.05) is 30.7 Å². The van der Waals surface area contributed by atoms with Crippen LogP contribution in [0.15, 0.2) is 36.5 Å². The van der Waals surface area contributed by atoms with Gasteiger partial charge in [0.1, 0.15) is 0 Å². The number of methoxy groups -OCH3 is 1. The van der Waals surface area contributed by atoms with Crippen molar-refractivity contribution in [2.24, 2.45) is 5.92 Å². The van der Waals surface area contributed by atoms with Gasteiger partial charge in [-0.2, -0.15) is 18.3 Å². The summed E-state index contributed by atoms with van der Waals surface area (Å²) in [5.41, 5.74) is 2.48. The van der Waals surface area contributed by atoms with E-state index in [4.69, 9.17) is 16.3 Å². The van der Waals surface area contributed by atoms with E-state index in [9.17, 15) is 22.2 Å². The monoisotopic (exact) mass is 597 g/mol. The van der Waals surface area contributed by atoms with Gasteiger partial charge in [0, 0.05) is 66.1 Å². The van der Waals surface area contributed by atoms with Crippen LogP contribution in [0.1, 0.15) is 43.5 Å². The highest BCUT2D eigenvalue weighted by Gasteiger charge is 2.46. The maximum atomic E-state index is 14.3. The minimum absolute atomic E-state index is 0.0274. The summed E-state index contributed by atoms with van der Waals surface area (Å²) in [5, 5.41) is 4.74. The molecule has 2 aliphatic heterocycles. The number of amides is 1. The molecule has 13 heteroatoms. The van der Waals surface area contributed by atoms with Crippen molar-refractivity contribution in [2.45, 2.75) is 43.8 Å². The first-order valence-electron chi connectivity index (χ1n) is 13.0. The summed E-state index contributed by atoms with van der Waals surface area (Å²) in [6.07, 6.45) is -1.58. The molecule has 4 heterocycles. The van der Waals surface area contributed by atoms with Crippen LogP contribution < -0.4 is 4.90 Å². The van der Waals surface area contributed by atoms with Crippen LogP contribution in [-0.2, 0) is 25.7 Å². The Morgan fingerprint density at radius 3 is 2.58 bits per heavy atom. The highest BCUT2D eigenvalue weighted by Crippen LogP contribution is 2.44. The second kappa shape index (κ2) is 10.9. The second-order valence-corrected chi connectivity index (χ2v) is 12.8.